The largest absolute Gasteiger partial charge is 0.459 e. The molecule has 6 atom stereocenters. The number of ketones is 1. The Bertz CT molecular complexity index is 750. The van der Waals surface area contributed by atoms with Crippen LogP contribution in [0, 0.1) is 28.6 Å². The lowest BCUT2D eigenvalue weighted by atomic mass is 9.47. The molecule has 0 amide bonds. The van der Waals surface area contributed by atoms with Crippen molar-refractivity contribution in [2.45, 2.75) is 78.4 Å². The first-order valence-corrected chi connectivity index (χ1v) is 10.9. The molecule has 0 aromatic carbocycles. The predicted octanol–water partition coefficient (Wildman–Crippen LogP) is 4.63. The molecule has 4 nitrogen and oxygen atoms in total. The van der Waals surface area contributed by atoms with E-state index in [4.69, 9.17) is 9.47 Å². The van der Waals surface area contributed by atoms with Crippen LogP contribution in [0.15, 0.2) is 23.8 Å². The molecule has 3 aliphatic carbocycles. The minimum absolute atomic E-state index is 0.0262. The summed E-state index contributed by atoms with van der Waals surface area (Å²) in [6.45, 7) is 11.1. The number of hydrogen-bond acceptors (Lipinski definition) is 4. The van der Waals surface area contributed by atoms with Gasteiger partial charge in [-0.3, -0.25) is 4.79 Å². The average molecular weight is 387 g/mol. The fraction of sp³-hybridized carbons (Fsp3) is 0.750. The van der Waals surface area contributed by atoms with Gasteiger partial charge < -0.3 is 9.47 Å². The molecule has 4 aliphatic rings. The molecule has 1 spiro atoms. The van der Waals surface area contributed by atoms with Crippen LogP contribution in [0.5, 0.6) is 0 Å². The van der Waals surface area contributed by atoms with Gasteiger partial charge in [0.1, 0.15) is 17.5 Å². The van der Waals surface area contributed by atoms with Gasteiger partial charge in [0.2, 0.25) is 0 Å². The fourth-order valence-corrected chi connectivity index (χ4v) is 6.28. The van der Waals surface area contributed by atoms with Crippen LogP contribution in [-0.2, 0) is 19.1 Å². The summed E-state index contributed by atoms with van der Waals surface area (Å²) in [6.07, 6.45) is 10.5. The van der Waals surface area contributed by atoms with Gasteiger partial charge >= 0.3 is 5.97 Å². The smallest absolute Gasteiger partial charge is 0.334 e. The van der Waals surface area contributed by atoms with E-state index >= 15 is 0 Å². The second-order valence-corrected chi connectivity index (χ2v) is 10.3. The summed E-state index contributed by atoms with van der Waals surface area (Å²) in [7, 11) is 0. The van der Waals surface area contributed by atoms with Gasteiger partial charge in [-0.1, -0.05) is 52.3 Å². The van der Waals surface area contributed by atoms with Crippen LogP contribution < -0.4 is 0 Å². The highest BCUT2D eigenvalue weighted by molar-refractivity contribution is 5.96. The van der Waals surface area contributed by atoms with Crippen molar-refractivity contribution >= 4 is 11.8 Å². The Labute approximate surface area is 168 Å². The zero-order chi connectivity index (χ0) is 20.3. The summed E-state index contributed by atoms with van der Waals surface area (Å²) >= 11 is 0. The van der Waals surface area contributed by atoms with Crippen molar-refractivity contribution in [3.8, 4) is 0 Å². The van der Waals surface area contributed by atoms with Crippen molar-refractivity contribution in [2.75, 3.05) is 6.61 Å². The molecule has 1 saturated carbocycles. The molecule has 154 valence electrons. The number of carbonyl (C=O) groups is 2. The number of rotatable bonds is 4. The quantitative estimate of drug-likeness (QED) is 0.522. The Kier molecular flexibility index (Phi) is 4.65. The molecule has 0 aromatic heterocycles. The molecule has 0 bridgehead atoms. The van der Waals surface area contributed by atoms with Crippen molar-refractivity contribution < 1.29 is 19.1 Å². The van der Waals surface area contributed by atoms with Crippen LogP contribution in [0.3, 0.4) is 0 Å². The van der Waals surface area contributed by atoms with E-state index in [9.17, 15) is 9.59 Å². The first-order chi connectivity index (χ1) is 13.1. The lowest BCUT2D eigenvalue weighted by Gasteiger charge is -2.58. The van der Waals surface area contributed by atoms with E-state index in [0.717, 1.165) is 19.3 Å². The maximum Gasteiger partial charge on any atom is 0.334 e. The molecule has 28 heavy (non-hydrogen) atoms. The van der Waals surface area contributed by atoms with Crippen molar-refractivity contribution in [1.29, 1.82) is 0 Å². The van der Waals surface area contributed by atoms with E-state index < -0.39 is 11.0 Å². The zero-order valence-corrected chi connectivity index (χ0v) is 17.9. The molecular weight excluding hydrogens is 352 g/mol. The zero-order valence-electron chi connectivity index (χ0n) is 17.9. The molecule has 4 heteroatoms. The van der Waals surface area contributed by atoms with Crippen LogP contribution in [-0.4, -0.2) is 30.1 Å². The number of Topliss-reactive ketones (excluding diaryl/α,β-unsaturated/α-hetero) is 1. The highest BCUT2D eigenvalue weighted by atomic mass is 16.5. The third-order valence-electron chi connectivity index (χ3n) is 8.12. The van der Waals surface area contributed by atoms with Crippen LogP contribution in [0.1, 0.15) is 66.7 Å². The van der Waals surface area contributed by atoms with Crippen molar-refractivity contribution in [3.63, 3.8) is 0 Å². The Morgan fingerprint density at radius 2 is 2.00 bits per heavy atom. The molecule has 0 N–H and O–H groups in total. The SMILES string of the molecule is CC(=O)[C@]12C=C[C@]13OCC[C@]3(C)CC(C(=O)O[C@@H]1C[C@H](C)CC[C@H]1C(C)C)=C2. The van der Waals surface area contributed by atoms with Crippen LogP contribution >= 0.6 is 0 Å². The summed E-state index contributed by atoms with van der Waals surface area (Å²) in [5.41, 5.74) is -0.991. The van der Waals surface area contributed by atoms with E-state index in [1.165, 1.54) is 6.42 Å². The van der Waals surface area contributed by atoms with E-state index in [1.807, 2.05) is 18.2 Å². The highest BCUT2D eigenvalue weighted by Crippen LogP contribution is 2.66. The van der Waals surface area contributed by atoms with Gasteiger partial charge in [0.15, 0.2) is 0 Å². The normalized spacial score (nSPS) is 44.4. The number of hydrogen-bond donors (Lipinski definition) is 0. The number of esters is 1. The van der Waals surface area contributed by atoms with Gasteiger partial charge in [0.25, 0.3) is 0 Å². The Hall–Kier alpha value is -1.42. The summed E-state index contributed by atoms with van der Waals surface area (Å²) in [6, 6.07) is 0. The van der Waals surface area contributed by atoms with Crippen LogP contribution in [0.25, 0.3) is 0 Å². The van der Waals surface area contributed by atoms with E-state index in [1.54, 1.807) is 6.92 Å². The summed E-state index contributed by atoms with van der Waals surface area (Å²) in [4.78, 5) is 25.9. The number of ether oxygens (including phenoxy) is 2. The summed E-state index contributed by atoms with van der Waals surface area (Å²) in [5, 5.41) is 0. The van der Waals surface area contributed by atoms with Gasteiger partial charge in [0, 0.05) is 17.6 Å². The van der Waals surface area contributed by atoms with E-state index in [0.29, 0.717) is 36.4 Å². The van der Waals surface area contributed by atoms with Crippen molar-refractivity contribution in [2.24, 2.45) is 28.6 Å². The topological polar surface area (TPSA) is 52.6 Å². The maximum absolute atomic E-state index is 13.2. The van der Waals surface area contributed by atoms with Crippen LogP contribution in [0.2, 0.25) is 0 Å². The Balaban J connectivity index is 1.62. The lowest BCUT2D eigenvalue weighted by Crippen LogP contribution is -2.64. The lowest BCUT2D eigenvalue weighted by molar-refractivity contribution is -0.156. The molecule has 1 saturated heterocycles. The molecule has 0 radical (unpaired) electrons. The molecule has 0 aromatic rings. The van der Waals surface area contributed by atoms with Crippen molar-refractivity contribution in [3.05, 3.63) is 23.8 Å². The van der Waals surface area contributed by atoms with Gasteiger partial charge in [-0.25, -0.2) is 4.79 Å². The van der Waals surface area contributed by atoms with Gasteiger partial charge in [0.05, 0.1) is 5.41 Å². The van der Waals surface area contributed by atoms with Gasteiger partial charge in [-0.15, -0.1) is 0 Å². The third kappa shape index (κ3) is 2.59. The van der Waals surface area contributed by atoms with Crippen LogP contribution in [0.4, 0.5) is 0 Å². The second kappa shape index (κ2) is 6.55. The predicted molar refractivity (Wildman–Crippen MR) is 108 cm³/mol. The Morgan fingerprint density at radius 1 is 1.25 bits per heavy atom. The second-order valence-electron chi connectivity index (χ2n) is 10.3. The maximum atomic E-state index is 13.2. The molecule has 4 rings (SSSR count). The van der Waals surface area contributed by atoms with Gasteiger partial charge in [-0.05, 0) is 50.4 Å². The first-order valence-electron chi connectivity index (χ1n) is 10.9. The molecule has 1 aliphatic heterocycles. The van der Waals surface area contributed by atoms with Crippen molar-refractivity contribution in [1.82, 2.24) is 0 Å². The first kappa shape index (κ1) is 19.9. The standard InChI is InChI=1S/C24H34O4/c1-15(2)19-7-6-16(3)12-20(19)28-21(26)18-13-22(5)10-11-27-24(22)9-8-23(24,14-18)17(4)25/h8-9,14-16,19-20H,6-7,10-13H2,1-5H3/t16-,19+,20-,22-,23-,24-/m1/s1. The van der Waals surface area contributed by atoms with E-state index in [-0.39, 0.29) is 23.3 Å². The summed E-state index contributed by atoms with van der Waals surface area (Å²) < 4.78 is 12.3. The summed E-state index contributed by atoms with van der Waals surface area (Å²) in [5.74, 6) is 1.31. The minimum Gasteiger partial charge on any atom is -0.459 e. The van der Waals surface area contributed by atoms with E-state index in [2.05, 4.69) is 27.7 Å². The molecule has 1 heterocycles. The Morgan fingerprint density at radius 3 is 2.61 bits per heavy atom. The fourth-order valence-electron chi connectivity index (χ4n) is 6.28. The number of carbonyl (C=O) groups excluding carboxylic acids is 2. The molecule has 2 fully saturated rings. The third-order valence-corrected chi connectivity index (χ3v) is 8.12. The average Bonchev–Trinajstić information content (AvgIpc) is 2.96. The molecule has 0 unspecified atom stereocenters. The molecular formula is C24H34O4. The highest BCUT2D eigenvalue weighted by Gasteiger charge is 2.70. The monoisotopic (exact) mass is 386 g/mol. The minimum atomic E-state index is -0.817. The van der Waals surface area contributed by atoms with Gasteiger partial charge in [-0.2, -0.15) is 0 Å².